The van der Waals surface area contributed by atoms with E-state index in [2.05, 4.69) is 5.32 Å². The van der Waals surface area contributed by atoms with Gasteiger partial charge in [-0.3, -0.25) is 9.10 Å². The SMILES string of the molecule is CCC(NC(=O)CN(c1ccc(Cl)cc1)S(=O)(=O)c1ccc(C)cc1)c1ccc(OC)c(C)c1. The van der Waals surface area contributed by atoms with E-state index in [1.807, 2.05) is 39.0 Å². The fourth-order valence-corrected chi connectivity index (χ4v) is 5.22. The summed E-state index contributed by atoms with van der Waals surface area (Å²) in [5, 5.41) is 3.45. The third kappa shape index (κ3) is 5.90. The number of methoxy groups -OCH3 is 1. The van der Waals surface area contributed by atoms with Gasteiger partial charge in [0.2, 0.25) is 5.91 Å². The minimum atomic E-state index is -3.99. The quantitative estimate of drug-likeness (QED) is 0.425. The van der Waals surface area contributed by atoms with Crippen molar-refractivity contribution in [3.8, 4) is 5.75 Å². The van der Waals surface area contributed by atoms with Gasteiger partial charge in [0, 0.05) is 5.02 Å². The summed E-state index contributed by atoms with van der Waals surface area (Å²) in [6.45, 7) is 5.41. The molecule has 0 saturated heterocycles. The molecule has 1 amide bonds. The van der Waals surface area contributed by atoms with Crippen LogP contribution in [0.3, 0.4) is 0 Å². The van der Waals surface area contributed by atoms with Crippen molar-refractivity contribution >= 4 is 33.2 Å². The Kier molecular flexibility index (Phi) is 8.23. The van der Waals surface area contributed by atoms with Crippen LogP contribution in [0.1, 0.15) is 36.1 Å². The molecule has 0 heterocycles. The van der Waals surface area contributed by atoms with Crippen LogP contribution in [0.25, 0.3) is 0 Å². The van der Waals surface area contributed by atoms with Crippen LogP contribution in [0.15, 0.2) is 71.6 Å². The van der Waals surface area contributed by atoms with Gasteiger partial charge in [0.25, 0.3) is 10.0 Å². The van der Waals surface area contributed by atoms with Crippen LogP contribution in [-0.4, -0.2) is 28.0 Å². The number of amides is 1. The molecule has 180 valence electrons. The van der Waals surface area contributed by atoms with Crippen molar-refractivity contribution in [2.75, 3.05) is 18.0 Å². The normalized spacial score (nSPS) is 12.1. The summed E-state index contributed by atoms with van der Waals surface area (Å²) >= 11 is 6.00. The number of sulfonamides is 1. The number of hydrogen-bond donors (Lipinski definition) is 1. The molecule has 3 rings (SSSR count). The number of nitrogens with one attached hydrogen (secondary N) is 1. The predicted octanol–water partition coefficient (Wildman–Crippen LogP) is 5.43. The summed E-state index contributed by atoms with van der Waals surface area (Å²) in [4.78, 5) is 13.2. The minimum Gasteiger partial charge on any atom is -0.496 e. The zero-order valence-electron chi connectivity index (χ0n) is 19.7. The largest absolute Gasteiger partial charge is 0.496 e. The van der Waals surface area contributed by atoms with Crippen molar-refractivity contribution < 1.29 is 17.9 Å². The summed E-state index contributed by atoms with van der Waals surface area (Å²) in [6.07, 6.45) is 0.642. The third-order valence-corrected chi connectivity index (χ3v) is 7.62. The van der Waals surface area contributed by atoms with Crippen molar-refractivity contribution in [3.05, 3.63) is 88.4 Å². The van der Waals surface area contributed by atoms with Gasteiger partial charge < -0.3 is 10.1 Å². The van der Waals surface area contributed by atoms with E-state index < -0.39 is 15.9 Å². The number of halogens is 1. The Labute approximate surface area is 206 Å². The van der Waals surface area contributed by atoms with Gasteiger partial charge in [-0.1, -0.05) is 48.4 Å². The van der Waals surface area contributed by atoms with Gasteiger partial charge in [0.15, 0.2) is 0 Å². The zero-order chi connectivity index (χ0) is 24.9. The molecule has 0 fully saturated rings. The highest BCUT2D eigenvalue weighted by molar-refractivity contribution is 7.92. The summed E-state index contributed by atoms with van der Waals surface area (Å²) in [7, 11) is -2.38. The van der Waals surface area contributed by atoms with Gasteiger partial charge in [-0.05, 0) is 73.9 Å². The fraction of sp³-hybridized carbons (Fsp3) is 0.269. The lowest BCUT2D eigenvalue weighted by Gasteiger charge is -2.26. The van der Waals surface area contributed by atoms with E-state index in [9.17, 15) is 13.2 Å². The zero-order valence-corrected chi connectivity index (χ0v) is 21.3. The maximum atomic E-state index is 13.5. The third-order valence-electron chi connectivity index (χ3n) is 5.58. The Morgan fingerprint density at radius 2 is 1.68 bits per heavy atom. The van der Waals surface area contributed by atoms with Crippen molar-refractivity contribution in [3.63, 3.8) is 0 Å². The van der Waals surface area contributed by atoms with E-state index in [1.165, 1.54) is 0 Å². The molecule has 3 aromatic rings. The molecule has 0 aliphatic heterocycles. The number of anilines is 1. The average Bonchev–Trinajstić information content (AvgIpc) is 2.82. The number of nitrogens with zero attached hydrogens (tertiary/aromatic N) is 1. The lowest BCUT2D eigenvalue weighted by Crippen LogP contribution is -2.42. The lowest BCUT2D eigenvalue weighted by molar-refractivity contribution is -0.120. The molecule has 0 bridgehead atoms. The lowest BCUT2D eigenvalue weighted by atomic mass is 10.0. The Hall–Kier alpha value is -3.03. The second-order valence-electron chi connectivity index (χ2n) is 8.06. The first-order valence-electron chi connectivity index (χ1n) is 10.9. The Morgan fingerprint density at radius 3 is 2.24 bits per heavy atom. The van der Waals surface area contributed by atoms with E-state index in [0.717, 1.165) is 26.7 Å². The molecular weight excluding hydrogens is 472 g/mol. The molecule has 1 N–H and O–H groups in total. The number of hydrogen-bond acceptors (Lipinski definition) is 4. The van der Waals surface area contributed by atoms with Crippen molar-refractivity contribution in [2.45, 2.75) is 38.1 Å². The molecule has 0 aliphatic carbocycles. The smallest absolute Gasteiger partial charge is 0.264 e. The summed E-state index contributed by atoms with van der Waals surface area (Å²) in [6, 6.07) is 18.4. The Morgan fingerprint density at radius 1 is 1.03 bits per heavy atom. The molecule has 0 aromatic heterocycles. The van der Waals surface area contributed by atoms with E-state index in [1.54, 1.807) is 55.6 Å². The predicted molar refractivity (Wildman–Crippen MR) is 136 cm³/mol. The van der Waals surface area contributed by atoms with E-state index in [-0.39, 0.29) is 17.5 Å². The van der Waals surface area contributed by atoms with Crippen LogP contribution >= 0.6 is 11.6 Å². The molecule has 8 heteroatoms. The molecule has 1 atom stereocenters. The second kappa shape index (κ2) is 10.9. The minimum absolute atomic E-state index is 0.110. The first-order chi connectivity index (χ1) is 16.1. The van der Waals surface area contributed by atoms with Crippen molar-refractivity contribution in [1.82, 2.24) is 5.32 Å². The maximum absolute atomic E-state index is 13.5. The topological polar surface area (TPSA) is 75.7 Å². The first-order valence-corrected chi connectivity index (χ1v) is 12.8. The van der Waals surface area contributed by atoms with Gasteiger partial charge in [-0.2, -0.15) is 0 Å². The van der Waals surface area contributed by atoms with Crippen LogP contribution in [0.5, 0.6) is 5.75 Å². The molecule has 0 aliphatic rings. The molecular formula is C26H29ClN2O4S. The first kappa shape index (κ1) is 25.6. The van der Waals surface area contributed by atoms with Crippen LogP contribution in [-0.2, 0) is 14.8 Å². The van der Waals surface area contributed by atoms with E-state index in [0.29, 0.717) is 17.1 Å². The standard InChI is InChI=1S/C26H29ClN2O4S/c1-5-24(20-8-15-25(33-4)19(3)16-20)28-26(30)17-29(22-11-9-21(27)10-12-22)34(31,32)23-13-6-18(2)7-14-23/h6-16,24H,5,17H2,1-4H3,(H,28,30). The second-order valence-corrected chi connectivity index (χ2v) is 10.4. The molecule has 0 spiro atoms. The van der Waals surface area contributed by atoms with Gasteiger partial charge in [-0.15, -0.1) is 0 Å². The number of carbonyl (C=O) groups is 1. The summed E-state index contributed by atoms with van der Waals surface area (Å²) in [5.41, 5.74) is 3.18. The average molecular weight is 501 g/mol. The molecule has 0 radical (unpaired) electrons. The van der Waals surface area contributed by atoms with Gasteiger partial charge in [-0.25, -0.2) is 8.42 Å². The molecule has 3 aromatic carbocycles. The molecule has 6 nitrogen and oxygen atoms in total. The van der Waals surface area contributed by atoms with Crippen LogP contribution < -0.4 is 14.4 Å². The highest BCUT2D eigenvalue weighted by atomic mass is 35.5. The number of carbonyl (C=O) groups excluding carboxylic acids is 1. The molecule has 0 saturated carbocycles. The fourth-order valence-electron chi connectivity index (χ4n) is 3.67. The molecule has 1 unspecified atom stereocenters. The number of ether oxygens (including phenoxy) is 1. The maximum Gasteiger partial charge on any atom is 0.264 e. The van der Waals surface area contributed by atoms with Gasteiger partial charge in [0.05, 0.1) is 23.7 Å². The summed E-state index contributed by atoms with van der Waals surface area (Å²) < 4.78 is 33.4. The van der Waals surface area contributed by atoms with Crippen molar-refractivity contribution in [2.24, 2.45) is 0 Å². The molecule has 34 heavy (non-hydrogen) atoms. The van der Waals surface area contributed by atoms with Crippen LogP contribution in [0.4, 0.5) is 5.69 Å². The monoisotopic (exact) mass is 500 g/mol. The van der Waals surface area contributed by atoms with Crippen LogP contribution in [0, 0.1) is 13.8 Å². The van der Waals surface area contributed by atoms with Crippen LogP contribution in [0.2, 0.25) is 5.02 Å². The highest BCUT2D eigenvalue weighted by Crippen LogP contribution is 2.27. The van der Waals surface area contributed by atoms with Crippen molar-refractivity contribution in [1.29, 1.82) is 0 Å². The number of benzene rings is 3. The van der Waals surface area contributed by atoms with Gasteiger partial charge in [0.1, 0.15) is 12.3 Å². The number of aryl methyl sites for hydroxylation is 2. The Balaban J connectivity index is 1.89. The highest BCUT2D eigenvalue weighted by Gasteiger charge is 2.28. The summed E-state index contributed by atoms with van der Waals surface area (Å²) in [5.74, 6) is 0.356. The van der Waals surface area contributed by atoms with Gasteiger partial charge >= 0.3 is 0 Å². The van der Waals surface area contributed by atoms with E-state index >= 15 is 0 Å². The van der Waals surface area contributed by atoms with E-state index in [4.69, 9.17) is 16.3 Å². The number of rotatable bonds is 9. The Bertz CT molecular complexity index is 1240.